The molecule has 4 rings (SSSR count). The number of amides is 2. The lowest BCUT2D eigenvalue weighted by atomic mass is 9.98. The number of hydrogen-bond acceptors (Lipinski definition) is 6. The van der Waals surface area contributed by atoms with Crippen molar-refractivity contribution in [2.24, 2.45) is 5.92 Å². The Hall–Kier alpha value is -2.93. The first-order chi connectivity index (χ1) is 15.0. The number of ether oxygens (including phenoxy) is 1. The fourth-order valence-corrected chi connectivity index (χ4v) is 4.71. The third kappa shape index (κ3) is 4.14. The van der Waals surface area contributed by atoms with E-state index in [-0.39, 0.29) is 11.8 Å². The lowest BCUT2D eigenvalue weighted by Crippen LogP contribution is -2.38. The molecule has 2 aliphatic rings. The Morgan fingerprint density at radius 1 is 1.10 bits per heavy atom. The van der Waals surface area contributed by atoms with E-state index in [1.165, 1.54) is 16.2 Å². The molecule has 1 aromatic carbocycles. The van der Waals surface area contributed by atoms with Gasteiger partial charge in [-0.05, 0) is 60.9 Å². The van der Waals surface area contributed by atoms with Gasteiger partial charge in [0.15, 0.2) is 0 Å². The molecule has 0 N–H and O–H groups in total. The van der Waals surface area contributed by atoms with Crippen LogP contribution in [0.2, 0.25) is 0 Å². The first kappa shape index (κ1) is 21.3. The van der Waals surface area contributed by atoms with Crippen LogP contribution in [0.25, 0.3) is 5.57 Å². The smallest absolute Gasteiger partial charge is 0.338 e. The topological polar surface area (TPSA) is 66.9 Å². The maximum atomic E-state index is 13.5. The fourth-order valence-electron chi connectivity index (χ4n) is 3.95. The number of hydrogen-bond donors (Lipinski definition) is 0. The van der Waals surface area contributed by atoms with Gasteiger partial charge in [-0.25, -0.2) is 9.69 Å². The highest BCUT2D eigenvalue weighted by Gasteiger charge is 2.43. The second-order valence-electron chi connectivity index (χ2n) is 8.00. The summed E-state index contributed by atoms with van der Waals surface area (Å²) >= 11 is 1.46. The minimum atomic E-state index is -0.409. The molecule has 2 aliphatic heterocycles. The van der Waals surface area contributed by atoms with Crippen LogP contribution < -0.4 is 4.90 Å². The van der Waals surface area contributed by atoms with Crippen molar-refractivity contribution in [1.82, 2.24) is 4.90 Å². The van der Waals surface area contributed by atoms with Crippen molar-refractivity contribution in [3.8, 4) is 0 Å². The molecule has 1 saturated heterocycles. The van der Waals surface area contributed by atoms with Gasteiger partial charge in [0.1, 0.15) is 5.70 Å². The van der Waals surface area contributed by atoms with Gasteiger partial charge in [-0.2, -0.15) is 0 Å². The predicted molar refractivity (Wildman–Crippen MR) is 121 cm³/mol. The Labute approximate surface area is 186 Å². The minimum Gasteiger partial charge on any atom is -0.462 e. The van der Waals surface area contributed by atoms with E-state index in [2.05, 4.69) is 11.8 Å². The van der Waals surface area contributed by atoms with E-state index >= 15 is 0 Å². The molecule has 0 atom stereocenters. The zero-order chi connectivity index (χ0) is 22.0. The van der Waals surface area contributed by atoms with Crippen LogP contribution in [-0.4, -0.2) is 42.4 Å². The summed E-state index contributed by atoms with van der Waals surface area (Å²) in [6, 6.07) is 10.2. The summed E-state index contributed by atoms with van der Waals surface area (Å²) in [5, 5.41) is 1.91. The molecule has 6 nitrogen and oxygen atoms in total. The number of anilines is 1. The van der Waals surface area contributed by atoms with Gasteiger partial charge in [-0.15, -0.1) is 11.3 Å². The molecule has 2 amide bonds. The fraction of sp³-hybridized carbons (Fsp3) is 0.375. The number of esters is 1. The summed E-state index contributed by atoms with van der Waals surface area (Å²) in [6.45, 7) is 6.03. The highest BCUT2D eigenvalue weighted by atomic mass is 32.1. The van der Waals surface area contributed by atoms with Gasteiger partial charge < -0.3 is 9.64 Å². The minimum absolute atomic E-state index is 0.302. The van der Waals surface area contributed by atoms with E-state index in [4.69, 9.17) is 4.74 Å². The van der Waals surface area contributed by atoms with E-state index in [1.807, 2.05) is 24.4 Å². The predicted octanol–water partition coefficient (Wildman–Crippen LogP) is 4.33. The van der Waals surface area contributed by atoms with E-state index in [0.29, 0.717) is 35.0 Å². The Bertz CT molecular complexity index is 1000. The molecule has 0 spiro atoms. The van der Waals surface area contributed by atoms with Crippen LogP contribution in [0.5, 0.6) is 0 Å². The average molecular weight is 439 g/mol. The summed E-state index contributed by atoms with van der Waals surface area (Å²) in [7, 11) is 0. The summed E-state index contributed by atoms with van der Waals surface area (Å²) in [4.78, 5) is 43.1. The van der Waals surface area contributed by atoms with Gasteiger partial charge in [0, 0.05) is 18.0 Å². The average Bonchev–Trinajstić information content (AvgIpc) is 3.39. The van der Waals surface area contributed by atoms with Crippen molar-refractivity contribution in [3.63, 3.8) is 0 Å². The van der Waals surface area contributed by atoms with Gasteiger partial charge in [-0.1, -0.05) is 19.9 Å². The molecule has 1 fully saturated rings. The number of imide groups is 1. The monoisotopic (exact) mass is 438 g/mol. The zero-order valence-corrected chi connectivity index (χ0v) is 18.6. The van der Waals surface area contributed by atoms with Crippen LogP contribution in [0.3, 0.4) is 0 Å². The van der Waals surface area contributed by atoms with Crippen molar-refractivity contribution in [2.45, 2.75) is 33.1 Å². The third-order valence-electron chi connectivity index (χ3n) is 5.73. The maximum Gasteiger partial charge on any atom is 0.338 e. The number of carbonyl (C=O) groups is 3. The highest BCUT2D eigenvalue weighted by molar-refractivity contribution is 7.11. The molecule has 2 aromatic rings. The van der Waals surface area contributed by atoms with Crippen molar-refractivity contribution in [1.29, 1.82) is 0 Å². The molecule has 0 bridgehead atoms. The first-order valence-corrected chi connectivity index (χ1v) is 11.6. The summed E-state index contributed by atoms with van der Waals surface area (Å²) < 4.78 is 5.16. The van der Waals surface area contributed by atoms with Crippen LogP contribution in [0, 0.1) is 5.92 Å². The molecular formula is C24H26N2O4S. The standard InChI is InChI=1S/C24H26N2O4S/c1-3-14-30-24(29)17-6-8-18(9-7-17)26-22(27)20(19-5-4-15-31-19)21(23(26)28)25-12-10-16(2)11-13-25/h4-9,15-16H,3,10-14H2,1-2H3. The number of rotatable bonds is 6. The van der Waals surface area contributed by atoms with E-state index in [1.54, 1.807) is 24.3 Å². The lowest BCUT2D eigenvalue weighted by Gasteiger charge is -2.32. The maximum absolute atomic E-state index is 13.5. The summed E-state index contributed by atoms with van der Waals surface area (Å²) in [5.74, 6) is -0.412. The van der Waals surface area contributed by atoms with Crippen molar-refractivity contribution < 1.29 is 19.1 Å². The number of likely N-dealkylation sites (tertiary alicyclic amines) is 1. The second-order valence-corrected chi connectivity index (χ2v) is 8.95. The molecule has 0 saturated carbocycles. The van der Waals surface area contributed by atoms with Crippen LogP contribution in [0.1, 0.15) is 48.3 Å². The number of benzene rings is 1. The lowest BCUT2D eigenvalue weighted by molar-refractivity contribution is -0.120. The quantitative estimate of drug-likeness (QED) is 0.496. The van der Waals surface area contributed by atoms with E-state index in [9.17, 15) is 14.4 Å². The Balaban J connectivity index is 1.65. The Kier molecular flexibility index (Phi) is 6.23. The molecule has 0 unspecified atom stereocenters. The van der Waals surface area contributed by atoms with Crippen LogP contribution in [0.15, 0.2) is 47.5 Å². The van der Waals surface area contributed by atoms with Crippen molar-refractivity contribution in [2.75, 3.05) is 24.6 Å². The van der Waals surface area contributed by atoms with E-state index < -0.39 is 5.97 Å². The largest absolute Gasteiger partial charge is 0.462 e. The second kappa shape index (κ2) is 9.06. The van der Waals surface area contributed by atoms with Gasteiger partial charge in [0.2, 0.25) is 0 Å². The molecule has 31 heavy (non-hydrogen) atoms. The molecule has 162 valence electrons. The van der Waals surface area contributed by atoms with Crippen molar-refractivity contribution in [3.05, 3.63) is 57.9 Å². The molecule has 0 radical (unpaired) electrons. The van der Waals surface area contributed by atoms with Crippen molar-refractivity contribution >= 4 is 40.4 Å². The third-order valence-corrected chi connectivity index (χ3v) is 6.61. The van der Waals surface area contributed by atoms with Gasteiger partial charge in [0.05, 0.1) is 23.4 Å². The summed E-state index contributed by atoms with van der Waals surface area (Å²) in [6.07, 6.45) is 2.74. The first-order valence-electron chi connectivity index (χ1n) is 10.7. The molecule has 3 heterocycles. The Morgan fingerprint density at radius 2 is 1.81 bits per heavy atom. The molecule has 1 aromatic heterocycles. The highest BCUT2D eigenvalue weighted by Crippen LogP contribution is 2.37. The SMILES string of the molecule is CCCOC(=O)c1ccc(N2C(=O)C(c3cccs3)=C(N3CCC(C)CC3)C2=O)cc1. The number of thiophene rings is 1. The van der Waals surface area contributed by atoms with Crippen LogP contribution >= 0.6 is 11.3 Å². The zero-order valence-electron chi connectivity index (χ0n) is 17.8. The van der Waals surface area contributed by atoms with Crippen LogP contribution in [0.4, 0.5) is 5.69 Å². The molecular weight excluding hydrogens is 412 g/mol. The number of piperidine rings is 1. The number of nitrogens with zero attached hydrogens (tertiary/aromatic N) is 2. The normalized spacial score (nSPS) is 17.6. The molecule has 7 heteroatoms. The van der Waals surface area contributed by atoms with Crippen LogP contribution in [-0.2, 0) is 14.3 Å². The van der Waals surface area contributed by atoms with Gasteiger partial charge in [0.25, 0.3) is 11.8 Å². The molecule has 0 aliphatic carbocycles. The Morgan fingerprint density at radius 3 is 2.42 bits per heavy atom. The number of carbonyl (C=O) groups excluding carboxylic acids is 3. The summed E-state index contributed by atoms with van der Waals surface area (Å²) in [5.41, 5.74) is 1.82. The van der Waals surface area contributed by atoms with Gasteiger partial charge >= 0.3 is 5.97 Å². The van der Waals surface area contributed by atoms with E-state index in [0.717, 1.165) is 37.2 Å². The van der Waals surface area contributed by atoms with Gasteiger partial charge in [-0.3, -0.25) is 9.59 Å².